The molecule has 0 amide bonds. The molecular formula is C34H63NO7P+. The summed E-state index contributed by atoms with van der Waals surface area (Å²) in [5.41, 5.74) is 0. The molecule has 9 heteroatoms. The van der Waals surface area contributed by atoms with Crippen LogP contribution >= 0.6 is 7.82 Å². The first kappa shape index (κ1) is 41.5. The fraction of sp³-hybridized carbons (Fsp3) is 0.735. The lowest BCUT2D eigenvalue weighted by molar-refractivity contribution is -0.870. The molecule has 0 fully saturated rings. The Morgan fingerprint density at radius 3 is 1.74 bits per heavy atom. The Balaban J connectivity index is 3.52. The number of phosphoric acid groups is 1. The van der Waals surface area contributed by atoms with Gasteiger partial charge in [0.2, 0.25) is 0 Å². The van der Waals surface area contributed by atoms with Crippen LogP contribution in [-0.2, 0) is 23.1 Å². The zero-order chi connectivity index (χ0) is 32.1. The van der Waals surface area contributed by atoms with Crippen molar-refractivity contribution in [3.63, 3.8) is 0 Å². The number of likely N-dealkylation sites (N-methyl/N-ethyl adjacent to an activating group) is 1. The molecule has 0 aliphatic carbocycles. The molecule has 0 rings (SSSR count). The smallest absolute Gasteiger partial charge is 0.463 e. The Morgan fingerprint density at radius 1 is 0.721 bits per heavy atom. The first-order valence-electron chi connectivity index (χ1n) is 16.4. The summed E-state index contributed by atoms with van der Waals surface area (Å²) in [6.45, 7) is 2.01. The predicted octanol–water partition coefficient (Wildman–Crippen LogP) is 8.22. The lowest BCUT2D eigenvalue weighted by Gasteiger charge is -2.24. The van der Waals surface area contributed by atoms with Gasteiger partial charge < -0.3 is 19.2 Å². The first-order chi connectivity index (χ1) is 20.6. The van der Waals surface area contributed by atoms with Gasteiger partial charge in [0.15, 0.2) is 0 Å². The van der Waals surface area contributed by atoms with Gasteiger partial charge in [-0.3, -0.25) is 13.8 Å². The fourth-order valence-corrected chi connectivity index (χ4v) is 4.75. The maximum Gasteiger partial charge on any atom is 0.472 e. The summed E-state index contributed by atoms with van der Waals surface area (Å²) >= 11 is 0. The maximum absolute atomic E-state index is 11.9. The first-order valence-corrected chi connectivity index (χ1v) is 17.9. The van der Waals surface area contributed by atoms with Crippen LogP contribution in [0.1, 0.15) is 110 Å². The number of aliphatic hydroxyl groups excluding tert-OH is 1. The second kappa shape index (κ2) is 28.0. The van der Waals surface area contributed by atoms with Crippen LogP contribution in [0.3, 0.4) is 0 Å². The minimum absolute atomic E-state index is 0.0517. The Labute approximate surface area is 263 Å². The third-order valence-corrected chi connectivity index (χ3v) is 7.59. The van der Waals surface area contributed by atoms with E-state index in [2.05, 4.69) is 55.5 Å². The molecule has 0 radical (unpaired) electrons. The standard InChI is InChI=1S/C34H62NO7P/c1-5-6-7-8-9-10-11-12-13-14-15-16-17-18-19-20-21-22-23-24-25-26-27-28-34(37)40-31-33(36)32-42-43(38,39)41-30-29-35(2,3)4/h6-7,9-10,12-13,15-16,33,36H,5,8,11,14,17-32H2,1-4H3/p+1/b7-6-,10-9-,13-12-,16-15-. The van der Waals surface area contributed by atoms with Gasteiger partial charge in [0.1, 0.15) is 25.9 Å². The molecule has 0 saturated carbocycles. The molecule has 2 unspecified atom stereocenters. The quantitative estimate of drug-likeness (QED) is 0.0283. The monoisotopic (exact) mass is 628 g/mol. The van der Waals surface area contributed by atoms with E-state index in [0.29, 0.717) is 17.4 Å². The highest BCUT2D eigenvalue weighted by Gasteiger charge is 2.24. The van der Waals surface area contributed by atoms with Gasteiger partial charge in [0.05, 0.1) is 27.7 Å². The number of unbranched alkanes of at least 4 members (excludes halogenated alkanes) is 10. The van der Waals surface area contributed by atoms with Crippen molar-refractivity contribution in [3.8, 4) is 0 Å². The molecule has 250 valence electrons. The number of ether oxygens (including phenoxy) is 1. The minimum Gasteiger partial charge on any atom is -0.463 e. The molecule has 2 atom stereocenters. The molecule has 0 aliphatic heterocycles. The average Bonchev–Trinajstić information content (AvgIpc) is 2.94. The average molecular weight is 629 g/mol. The van der Waals surface area contributed by atoms with Crippen molar-refractivity contribution in [2.45, 2.75) is 116 Å². The molecule has 0 heterocycles. The molecule has 2 N–H and O–H groups in total. The van der Waals surface area contributed by atoms with Gasteiger partial charge in [-0.25, -0.2) is 4.57 Å². The Morgan fingerprint density at radius 2 is 1.21 bits per heavy atom. The largest absolute Gasteiger partial charge is 0.472 e. The normalized spacial score (nSPS) is 14.8. The highest BCUT2D eigenvalue weighted by molar-refractivity contribution is 7.47. The highest BCUT2D eigenvalue weighted by Crippen LogP contribution is 2.43. The molecule has 0 spiro atoms. The lowest BCUT2D eigenvalue weighted by atomic mass is 10.1. The summed E-state index contributed by atoms with van der Waals surface area (Å²) in [6, 6.07) is 0. The zero-order valence-corrected chi connectivity index (χ0v) is 28.6. The molecule has 0 aromatic heterocycles. The molecule has 0 bridgehead atoms. The molecule has 0 aromatic carbocycles. The van der Waals surface area contributed by atoms with E-state index in [9.17, 15) is 19.4 Å². The predicted molar refractivity (Wildman–Crippen MR) is 178 cm³/mol. The number of rotatable bonds is 29. The van der Waals surface area contributed by atoms with E-state index in [4.69, 9.17) is 13.8 Å². The van der Waals surface area contributed by atoms with E-state index in [1.165, 1.54) is 51.4 Å². The van der Waals surface area contributed by atoms with Gasteiger partial charge in [0, 0.05) is 6.42 Å². The molecule has 43 heavy (non-hydrogen) atoms. The number of esters is 1. The number of carbonyl (C=O) groups is 1. The number of hydrogen-bond acceptors (Lipinski definition) is 6. The van der Waals surface area contributed by atoms with Crippen LogP contribution < -0.4 is 0 Å². The van der Waals surface area contributed by atoms with Gasteiger partial charge in [-0.05, 0) is 44.9 Å². The topological polar surface area (TPSA) is 102 Å². The number of hydrogen-bond donors (Lipinski definition) is 2. The van der Waals surface area contributed by atoms with Crippen molar-refractivity contribution in [2.75, 3.05) is 47.5 Å². The van der Waals surface area contributed by atoms with E-state index in [1.54, 1.807) is 0 Å². The molecular weight excluding hydrogens is 565 g/mol. The summed E-state index contributed by atoms with van der Waals surface area (Å²) in [5, 5.41) is 9.87. The van der Waals surface area contributed by atoms with Crippen LogP contribution in [0.25, 0.3) is 0 Å². The second-order valence-corrected chi connectivity index (χ2v) is 13.5. The van der Waals surface area contributed by atoms with Crippen molar-refractivity contribution in [1.29, 1.82) is 0 Å². The van der Waals surface area contributed by atoms with Crippen molar-refractivity contribution in [2.24, 2.45) is 0 Å². The molecule has 0 aromatic rings. The van der Waals surface area contributed by atoms with Crippen molar-refractivity contribution in [1.82, 2.24) is 0 Å². The Hall–Kier alpha value is -1.54. The number of phosphoric ester groups is 1. The zero-order valence-electron chi connectivity index (χ0n) is 27.7. The van der Waals surface area contributed by atoms with E-state index < -0.39 is 20.5 Å². The van der Waals surface area contributed by atoms with Crippen molar-refractivity contribution >= 4 is 13.8 Å². The van der Waals surface area contributed by atoms with Crippen LogP contribution in [0.5, 0.6) is 0 Å². The van der Waals surface area contributed by atoms with E-state index >= 15 is 0 Å². The lowest BCUT2D eigenvalue weighted by Crippen LogP contribution is -2.37. The van der Waals surface area contributed by atoms with Gasteiger partial charge in [0.25, 0.3) is 0 Å². The van der Waals surface area contributed by atoms with E-state index in [-0.39, 0.29) is 19.2 Å². The van der Waals surface area contributed by atoms with Crippen molar-refractivity contribution in [3.05, 3.63) is 48.6 Å². The van der Waals surface area contributed by atoms with Crippen LogP contribution in [0.15, 0.2) is 48.6 Å². The molecule has 8 nitrogen and oxygen atoms in total. The van der Waals surface area contributed by atoms with Gasteiger partial charge in [-0.1, -0.05) is 107 Å². The molecule has 0 saturated heterocycles. The summed E-state index contributed by atoms with van der Waals surface area (Å²) in [6.07, 6.45) is 34.1. The number of carbonyl (C=O) groups excluding carboxylic acids is 1. The third kappa shape index (κ3) is 33.2. The number of quaternary nitrogens is 1. The van der Waals surface area contributed by atoms with E-state index in [1.807, 2.05) is 21.1 Å². The summed E-state index contributed by atoms with van der Waals surface area (Å²) in [4.78, 5) is 21.5. The van der Waals surface area contributed by atoms with Gasteiger partial charge >= 0.3 is 13.8 Å². The third-order valence-electron chi connectivity index (χ3n) is 6.60. The SMILES string of the molecule is CC/C=C\C/C=C\C/C=C\C/C=C\CCCCCCCCCCCCC(=O)OCC(O)COP(=O)(O)OCC[N+](C)(C)C. The highest BCUT2D eigenvalue weighted by atomic mass is 31.2. The Kier molecular flexibility index (Phi) is 27.0. The van der Waals surface area contributed by atoms with Crippen LogP contribution in [0, 0.1) is 0 Å². The van der Waals surface area contributed by atoms with Crippen LogP contribution in [0.4, 0.5) is 0 Å². The second-order valence-electron chi connectivity index (χ2n) is 12.0. The van der Waals surface area contributed by atoms with E-state index in [0.717, 1.165) is 44.9 Å². The molecule has 0 aliphatic rings. The summed E-state index contributed by atoms with van der Waals surface area (Å²) in [5.74, 6) is -0.379. The number of aliphatic hydroxyl groups is 1. The number of nitrogens with zero attached hydrogens (tertiary/aromatic N) is 1. The summed E-state index contributed by atoms with van der Waals surface area (Å²) in [7, 11) is 1.55. The fourth-order valence-electron chi connectivity index (χ4n) is 4.00. The maximum atomic E-state index is 11.9. The van der Waals surface area contributed by atoms with Crippen molar-refractivity contribution < 1.29 is 37.6 Å². The minimum atomic E-state index is -4.25. The summed E-state index contributed by atoms with van der Waals surface area (Å²) < 4.78 is 27.1. The van der Waals surface area contributed by atoms with Gasteiger partial charge in [-0.15, -0.1) is 0 Å². The van der Waals surface area contributed by atoms with Crippen LogP contribution in [0.2, 0.25) is 0 Å². The van der Waals surface area contributed by atoms with Crippen LogP contribution in [-0.4, -0.2) is 74.1 Å². The number of allylic oxidation sites excluding steroid dienone is 8. The van der Waals surface area contributed by atoms with Gasteiger partial charge in [-0.2, -0.15) is 0 Å². The Bertz CT molecular complexity index is 833.